The van der Waals surface area contributed by atoms with E-state index in [1.807, 2.05) is 17.9 Å². The van der Waals surface area contributed by atoms with Gasteiger partial charge in [-0.15, -0.1) is 0 Å². The Morgan fingerprint density at radius 3 is 2.70 bits per heavy atom. The molecule has 1 saturated carbocycles. The first kappa shape index (κ1) is 13.5. The number of anilines is 1. The molecule has 2 aliphatic rings. The van der Waals surface area contributed by atoms with Crippen molar-refractivity contribution < 1.29 is 4.79 Å². The topological polar surface area (TPSA) is 44.1 Å². The van der Waals surface area contributed by atoms with Gasteiger partial charge in [-0.05, 0) is 56.2 Å². The Labute approximate surface area is 124 Å². The molecule has 0 bridgehead atoms. The molecule has 1 amide bonds. The fourth-order valence-electron chi connectivity index (χ4n) is 3.35. The molecule has 3 rings (SSSR count). The van der Waals surface area contributed by atoms with Crippen molar-refractivity contribution in [2.24, 2.45) is 11.8 Å². The van der Waals surface area contributed by atoms with Gasteiger partial charge in [0, 0.05) is 18.2 Å². The second-order valence-corrected chi connectivity index (χ2v) is 6.27. The van der Waals surface area contributed by atoms with Crippen LogP contribution in [0.4, 0.5) is 5.69 Å². The minimum atomic E-state index is 0.179. The highest BCUT2D eigenvalue weighted by atomic mass is 35.5. The van der Waals surface area contributed by atoms with Crippen molar-refractivity contribution in [1.82, 2.24) is 0 Å². The van der Waals surface area contributed by atoms with Crippen molar-refractivity contribution >= 4 is 23.2 Å². The molecule has 20 heavy (non-hydrogen) atoms. The van der Waals surface area contributed by atoms with E-state index in [2.05, 4.69) is 13.0 Å². The zero-order valence-corrected chi connectivity index (χ0v) is 12.4. The molecule has 0 aromatic heterocycles. The SMILES string of the molecule is Cc1c(N2C(=O)C[C@@H](C3CC3)[C@@H]2C)ccc(C#N)c1Cl. The average Bonchev–Trinajstić information content (AvgIpc) is 3.21. The van der Waals surface area contributed by atoms with E-state index in [0.717, 1.165) is 11.3 Å². The van der Waals surface area contributed by atoms with Crippen LogP contribution in [0.3, 0.4) is 0 Å². The van der Waals surface area contributed by atoms with E-state index < -0.39 is 0 Å². The minimum Gasteiger partial charge on any atom is -0.309 e. The number of nitriles is 1. The molecule has 0 radical (unpaired) electrons. The van der Waals surface area contributed by atoms with E-state index in [1.165, 1.54) is 12.8 Å². The summed E-state index contributed by atoms with van der Waals surface area (Å²) in [5.41, 5.74) is 2.14. The van der Waals surface area contributed by atoms with Crippen LogP contribution in [0.25, 0.3) is 0 Å². The Morgan fingerprint density at radius 2 is 2.10 bits per heavy atom. The van der Waals surface area contributed by atoms with Crippen molar-refractivity contribution in [2.75, 3.05) is 4.90 Å². The van der Waals surface area contributed by atoms with Crippen molar-refractivity contribution in [1.29, 1.82) is 5.26 Å². The lowest BCUT2D eigenvalue weighted by molar-refractivity contribution is -0.117. The third-order valence-electron chi connectivity index (χ3n) is 4.67. The van der Waals surface area contributed by atoms with E-state index in [0.29, 0.717) is 28.8 Å². The van der Waals surface area contributed by atoms with Gasteiger partial charge in [-0.3, -0.25) is 4.79 Å². The van der Waals surface area contributed by atoms with Crippen molar-refractivity contribution in [3.8, 4) is 6.07 Å². The van der Waals surface area contributed by atoms with Crippen LogP contribution in [0, 0.1) is 30.1 Å². The van der Waals surface area contributed by atoms with Gasteiger partial charge in [0.15, 0.2) is 0 Å². The van der Waals surface area contributed by atoms with Crippen molar-refractivity contribution in [3.05, 3.63) is 28.3 Å². The zero-order chi connectivity index (χ0) is 14.4. The van der Waals surface area contributed by atoms with Gasteiger partial charge in [0.2, 0.25) is 5.91 Å². The first-order valence-corrected chi connectivity index (χ1v) is 7.43. The van der Waals surface area contributed by atoms with Crippen LogP contribution in [0.2, 0.25) is 5.02 Å². The van der Waals surface area contributed by atoms with Gasteiger partial charge in [0.05, 0.1) is 10.6 Å². The van der Waals surface area contributed by atoms with Crippen LogP contribution in [-0.2, 0) is 4.79 Å². The number of hydrogen-bond acceptors (Lipinski definition) is 2. The molecule has 1 aliphatic heterocycles. The highest BCUT2D eigenvalue weighted by molar-refractivity contribution is 6.33. The summed E-state index contributed by atoms with van der Waals surface area (Å²) in [5.74, 6) is 1.36. The van der Waals surface area contributed by atoms with Crippen molar-refractivity contribution in [3.63, 3.8) is 0 Å². The fourth-order valence-corrected chi connectivity index (χ4v) is 3.55. The maximum absolute atomic E-state index is 12.4. The molecule has 2 atom stereocenters. The molecule has 0 spiro atoms. The second kappa shape index (κ2) is 4.79. The van der Waals surface area contributed by atoms with Gasteiger partial charge in [-0.25, -0.2) is 0 Å². The molecule has 1 aromatic carbocycles. The maximum atomic E-state index is 12.4. The van der Waals surface area contributed by atoms with Gasteiger partial charge in [0.25, 0.3) is 0 Å². The molecular formula is C16H17ClN2O. The summed E-state index contributed by atoms with van der Waals surface area (Å²) in [6.45, 7) is 4.00. The normalized spacial score (nSPS) is 25.9. The van der Waals surface area contributed by atoms with E-state index in [-0.39, 0.29) is 11.9 Å². The summed E-state index contributed by atoms with van der Waals surface area (Å²) in [4.78, 5) is 14.2. The van der Waals surface area contributed by atoms with Gasteiger partial charge in [-0.1, -0.05) is 11.6 Å². The summed E-state index contributed by atoms with van der Waals surface area (Å²) in [7, 11) is 0. The number of benzene rings is 1. The van der Waals surface area contributed by atoms with Crippen LogP contribution < -0.4 is 4.90 Å². The van der Waals surface area contributed by atoms with Crippen LogP contribution in [0.15, 0.2) is 12.1 Å². The van der Waals surface area contributed by atoms with Gasteiger partial charge < -0.3 is 4.90 Å². The molecule has 1 aromatic rings. The summed E-state index contributed by atoms with van der Waals surface area (Å²) in [5, 5.41) is 9.47. The molecule has 4 heteroatoms. The van der Waals surface area contributed by atoms with Gasteiger partial charge in [0.1, 0.15) is 6.07 Å². The van der Waals surface area contributed by atoms with Crippen molar-refractivity contribution in [2.45, 2.75) is 39.2 Å². The van der Waals surface area contributed by atoms with Crippen LogP contribution in [0.5, 0.6) is 0 Å². The Balaban J connectivity index is 1.99. The largest absolute Gasteiger partial charge is 0.309 e. The third kappa shape index (κ3) is 1.99. The Morgan fingerprint density at radius 1 is 1.40 bits per heavy atom. The van der Waals surface area contributed by atoms with Gasteiger partial charge in [-0.2, -0.15) is 5.26 Å². The first-order valence-electron chi connectivity index (χ1n) is 7.06. The standard InChI is InChI=1S/C16H17ClN2O/c1-9-14(6-5-12(8-18)16(9)17)19-10(2)13(7-15(19)20)11-3-4-11/h5-6,10-11,13H,3-4,7H2,1-2H3/t10-,13+/m0/s1. The van der Waals surface area contributed by atoms with Crippen LogP contribution >= 0.6 is 11.6 Å². The molecule has 0 N–H and O–H groups in total. The Hall–Kier alpha value is -1.53. The van der Waals surface area contributed by atoms with E-state index in [9.17, 15) is 4.79 Å². The number of carbonyl (C=O) groups is 1. The Bertz CT molecular complexity index is 616. The lowest BCUT2D eigenvalue weighted by Crippen LogP contribution is -2.34. The molecule has 1 saturated heterocycles. The van der Waals surface area contributed by atoms with E-state index in [1.54, 1.807) is 6.07 Å². The maximum Gasteiger partial charge on any atom is 0.227 e. The number of nitrogens with zero attached hydrogens (tertiary/aromatic N) is 2. The first-order chi connectivity index (χ1) is 9.54. The third-order valence-corrected chi connectivity index (χ3v) is 5.16. The number of rotatable bonds is 2. The smallest absolute Gasteiger partial charge is 0.227 e. The number of carbonyl (C=O) groups excluding carboxylic acids is 1. The molecule has 104 valence electrons. The molecular weight excluding hydrogens is 272 g/mol. The fraction of sp³-hybridized carbons (Fsp3) is 0.500. The summed E-state index contributed by atoms with van der Waals surface area (Å²) < 4.78 is 0. The van der Waals surface area contributed by atoms with Gasteiger partial charge >= 0.3 is 0 Å². The zero-order valence-electron chi connectivity index (χ0n) is 11.7. The summed E-state index contributed by atoms with van der Waals surface area (Å²) >= 11 is 6.22. The minimum absolute atomic E-state index is 0.179. The summed E-state index contributed by atoms with van der Waals surface area (Å²) in [6, 6.07) is 5.85. The lowest BCUT2D eigenvalue weighted by atomic mass is 9.96. The van der Waals surface area contributed by atoms with Crippen LogP contribution in [-0.4, -0.2) is 11.9 Å². The highest BCUT2D eigenvalue weighted by Gasteiger charge is 2.45. The predicted octanol–water partition coefficient (Wildman–Crippen LogP) is 3.67. The molecule has 2 fully saturated rings. The monoisotopic (exact) mass is 288 g/mol. The van der Waals surface area contributed by atoms with E-state index in [4.69, 9.17) is 16.9 Å². The highest BCUT2D eigenvalue weighted by Crippen LogP contribution is 2.46. The second-order valence-electron chi connectivity index (χ2n) is 5.89. The number of amides is 1. The summed E-state index contributed by atoms with van der Waals surface area (Å²) in [6.07, 6.45) is 3.15. The van der Waals surface area contributed by atoms with E-state index >= 15 is 0 Å². The number of hydrogen-bond donors (Lipinski definition) is 0. The lowest BCUT2D eigenvalue weighted by Gasteiger charge is -2.27. The average molecular weight is 289 g/mol. The number of halogens is 1. The van der Waals surface area contributed by atoms with Crippen LogP contribution in [0.1, 0.15) is 37.3 Å². The molecule has 0 unspecified atom stereocenters. The quantitative estimate of drug-likeness (QED) is 0.833. The molecule has 1 heterocycles. The Kier molecular flexibility index (Phi) is 3.22. The molecule has 3 nitrogen and oxygen atoms in total. The predicted molar refractivity (Wildman–Crippen MR) is 78.7 cm³/mol. The molecule has 1 aliphatic carbocycles.